The van der Waals surface area contributed by atoms with Gasteiger partial charge < -0.3 is 9.47 Å². The van der Waals surface area contributed by atoms with Gasteiger partial charge in [-0.25, -0.2) is 0 Å². The van der Waals surface area contributed by atoms with Crippen molar-refractivity contribution in [1.29, 1.82) is 0 Å². The topological polar surface area (TPSA) is 35.5 Å². The Morgan fingerprint density at radius 2 is 2.07 bits per heavy atom. The van der Waals surface area contributed by atoms with Crippen LogP contribution in [0.3, 0.4) is 0 Å². The molecule has 1 heterocycles. The molecule has 0 spiro atoms. The van der Waals surface area contributed by atoms with Gasteiger partial charge in [0.1, 0.15) is 11.9 Å². The Balaban J connectivity index is 2.28. The van der Waals surface area contributed by atoms with Crippen molar-refractivity contribution >= 4 is 5.97 Å². The summed E-state index contributed by atoms with van der Waals surface area (Å²) in [5, 5.41) is 0. The van der Waals surface area contributed by atoms with E-state index >= 15 is 0 Å². The van der Waals surface area contributed by atoms with Crippen molar-refractivity contribution in [2.45, 2.75) is 13.0 Å². The van der Waals surface area contributed by atoms with E-state index in [0.717, 1.165) is 11.3 Å². The van der Waals surface area contributed by atoms with E-state index in [-0.39, 0.29) is 18.0 Å². The maximum absolute atomic E-state index is 11.0. The molecule has 0 unspecified atom stereocenters. The van der Waals surface area contributed by atoms with Gasteiger partial charge in [0, 0.05) is 5.56 Å². The van der Waals surface area contributed by atoms with Gasteiger partial charge in [0.15, 0.2) is 0 Å². The van der Waals surface area contributed by atoms with Gasteiger partial charge >= 0.3 is 5.97 Å². The minimum Gasteiger partial charge on any atom is -0.496 e. The van der Waals surface area contributed by atoms with Crippen molar-refractivity contribution in [1.82, 2.24) is 0 Å². The summed E-state index contributed by atoms with van der Waals surface area (Å²) in [5.74, 6) is 0.573. The van der Waals surface area contributed by atoms with Crippen LogP contribution >= 0.6 is 0 Å². The number of para-hydroxylation sites is 1. The summed E-state index contributed by atoms with van der Waals surface area (Å²) >= 11 is 0. The molecule has 0 N–H and O–H groups in total. The number of cyclic esters (lactones) is 1. The van der Waals surface area contributed by atoms with Crippen molar-refractivity contribution in [3.63, 3.8) is 0 Å². The number of hydrogen-bond donors (Lipinski definition) is 0. The Morgan fingerprint density at radius 1 is 1.36 bits per heavy atom. The number of esters is 1. The Morgan fingerprint density at radius 3 is 2.64 bits per heavy atom. The highest BCUT2D eigenvalue weighted by Crippen LogP contribution is 2.40. The van der Waals surface area contributed by atoms with E-state index in [1.807, 2.05) is 31.2 Å². The van der Waals surface area contributed by atoms with Crippen molar-refractivity contribution in [2.75, 3.05) is 7.11 Å². The summed E-state index contributed by atoms with van der Waals surface area (Å²) in [4.78, 5) is 11.0. The molecule has 0 radical (unpaired) electrons. The smallest absolute Gasteiger partial charge is 0.313 e. The molecule has 0 aromatic heterocycles. The van der Waals surface area contributed by atoms with E-state index in [4.69, 9.17) is 9.47 Å². The van der Waals surface area contributed by atoms with Crippen LogP contribution in [0.2, 0.25) is 0 Å². The molecule has 0 amide bonds. The van der Waals surface area contributed by atoms with Gasteiger partial charge in [0.05, 0.1) is 13.0 Å². The maximum Gasteiger partial charge on any atom is 0.313 e. The molecule has 3 heteroatoms. The highest BCUT2D eigenvalue weighted by atomic mass is 16.6. The summed E-state index contributed by atoms with van der Waals surface area (Å²) in [7, 11) is 1.62. The van der Waals surface area contributed by atoms with Crippen molar-refractivity contribution < 1.29 is 14.3 Å². The number of rotatable bonds is 2. The van der Waals surface area contributed by atoms with Crippen LogP contribution in [0, 0.1) is 5.92 Å². The standard InChI is InChI=1S/C11H12O3/c1-7-10(14-11(7)12)8-5-3-4-6-9(8)13-2/h3-7,10H,1-2H3/t7-,10-/m1/s1. The lowest BCUT2D eigenvalue weighted by Gasteiger charge is -2.33. The van der Waals surface area contributed by atoms with Crippen LogP contribution in [0.15, 0.2) is 24.3 Å². The molecule has 1 fully saturated rings. The number of methoxy groups -OCH3 is 1. The summed E-state index contributed by atoms with van der Waals surface area (Å²) in [5.41, 5.74) is 0.946. The molecule has 1 aromatic carbocycles. The summed E-state index contributed by atoms with van der Waals surface area (Å²) < 4.78 is 10.3. The molecule has 1 saturated heterocycles. The van der Waals surface area contributed by atoms with Gasteiger partial charge in [0.2, 0.25) is 0 Å². The molecule has 1 aromatic rings. The molecule has 1 aliphatic heterocycles. The maximum atomic E-state index is 11.0. The Labute approximate surface area is 82.6 Å². The van der Waals surface area contributed by atoms with E-state index in [9.17, 15) is 4.79 Å². The average Bonchev–Trinajstić information content (AvgIpc) is 2.25. The monoisotopic (exact) mass is 192 g/mol. The molecule has 2 atom stereocenters. The van der Waals surface area contributed by atoms with Crippen molar-refractivity contribution in [2.24, 2.45) is 5.92 Å². The lowest BCUT2D eigenvalue weighted by molar-refractivity contribution is -0.183. The zero-order valence-corrected chi connectivity index (χ0v) is 8.19. The largest absolute Gasteiger partial charge is 0.496 e. The van der Waals surface area contributed by atoms with Gasteiger partial charge in [-0.15, -0.1) is 0 Å². The molecule has 0 saturated carbocycles. The first-order chi connectivity index (χ1) is 6.74. The Kier molecular flexibility index (Phi) is 2.15. The molecular weight excluding hydrogens is 180 g/mol. The third-order valence-electron chi connectivity index (χ3n) is 2.51. The van der Waals surface area contributed by atoms with Crippen LogP contribution in [-0.2, 0) is 9.53 Å². The van der Waals surface area contributed by atoms with E-state index in [1.54, 1.807) is 7.11 Å². The second-order valence-corrected chi connectivity index (χ2v) is 3.39. The third-order valence-corrected chi connectivity index (χ3v) is 2.51. The summed E-state index contributed by atoms with van der Waals surface area (Å²) in [6.07, 6.45) is -0.140. The lowest BCUT2D eigenvalue weighted by atomic mass is 9.92. The fraction of sp³-hybridized carbons (Fsp3) is 0.364. The quantitative estimate of drug-likeness (QED) is 0.671. The number of benzene rings is 1. The van der Waals surface area contributed by atoms with E-state index in [2.05, 4.69) is 0 Å². The Bertz CT molecular complexity index is 359. The predicted molar refractivity (Wildman–Crippen MR) is 51.0 cm³/mol. The number of carbonyl (C=O) groups excluding carboxylic acids is 1. The van der Waals surface area contributed by atoms with E-state index in [0.29, 0.717) is 0 Å². The first-order valence-corrected chi connectivity index (χ1v) is 4.57. The van der Waals surface area contributed by atoms with Gasteiger partial charge in [-0.1, -0.05) is 18.2 Å². The highest BCUT2D eigenvalue weighted by molar-refractivity contribution is 5.79. The molecule has 74 valence electrons. The van der Waals surface area contributed by atoms with Crippen LogP contribution in [0.1, 0.15) is 18.6 Å². The first kappa shape index (κ1) is 9.06. The van der Waals surface area contributed by atoms with Crippen molar-refractivity contribution in [3.05, 3.63) is 29.8 Å². The van der Waals surface area contributed by atoms with E-state index < -0.39 is 0 Å². The molecule has 1 aliphatic rings. The number of ether oxygens (including phenoxy) is 2. The fourth-order valence-corrected chi connectivity index (χ4v) is 1.62. The van der Waals surface area contributed by atoms with Gasteiger partial charge in [0.25, 0.3) is 0 Å². The normalized spacial score (nSPS) is 25.1. The second-order valence-electron chi connectivity index (χ2n) is 3.39. The van der Waals surface area contributed by atoms with Crippen LogP contribution in [0.4, 0.5) is 0 Å². The third kappa shape index (κ3) is 1.25. The zero-order valence-electron chi connectivity index (χ0n) is 8.19. The van der Waals surface area contributed by atoms with Crippen LogP contribution in [0.25, 0.3) is 0 Å². The molecule has 2 rings (SSSR count). The Hall–Kier alpha value is -1.51. The second kappa shape index (κ2) is 3.33. The van der Waals surface area contributed by atoms with Gasteiger partial charge in [-0.05, 0) is 13.0 Å². The van der Waals surface area contributed by atoms with E-state index in [1.165, 1.54) is 0 Å². The first-order valence-electron chi connectivity index (χ1n) is 4.57. The lowest BCUT2D eigenvalue weighted by Crippen LogP contribution is -2.36. The minimum absolute atomic E-state index is 0.0636. The molecule has 3 nitrogen and oxygen atoms in total. The zero-order chi connectivity index (χ0) is 10.1. The number of carbonyl (C=O) groups is 1. The average molecular weight is 192 g/mol. The number of hydrogen-bond acceptors (Lipinski definition) is 3. The molecule has 0 bridgehead atoms. The van der Waals surface area contributed by atoms with Crippen LogP contribution in [0.5, 0.6) is 5.75 Å². The fourth-order valence-electron chi connectivity index (χ4n) is 1.62. The molecular formula is C11H12O3. The van der Waals surface area contributed by atoms with Crippen molar-refractivity contribution in [3.8, 4) is 5.75 Å². The highest BCUT2D eigenvalue weighted by Gasteiger charge is 2.40. The minimum atomic E-state index is -0.140. The summed E-state index contributed by atoms with van der Waals surface area (Å²) in [6, 6.07) is 7.60. The van der Waals surface area contributed by atoms with Gasteiger partial charge in [-0.2, -0.15) is 0 Å². The summed E-state index contributed by atoms with van der Waals surface area (Å²) in [6.45, 7) is 1.86. The van der Waals surface area contributed by atoms with Crippen LogP contribution < -0.4 is 4.74 Å². The van der Waals surface area contributed by atoms with Gasteiger partial charge in [-0.3, -0.25) is 4.79 Å². The SMILES string of the molecule is COc1ccccc1[C@@H]1OC(=O)[C@@H]1C. The van der Waals surface area contributed by atoms with Crippen LogP contribution in [-0.4, -0.2) is 13.1 Å². The predicted octanol–water partition coefficient (Wildman–Crippen LogP) is 1.93. The molecule has 14 heavy (non-hydrogen) atoms. The molecule has 0 aliphatic carbocycles.